The summed E-state index contributed by atoms with van der Waals surface area (Å²) in [6.07, 6.45) is 0.450. The highest BCUT2D eigenvalue weighted by atomic mass is 32.1. The van der Waals surface area contributed by atoms with E-state index >= 15 is 0 Å². The lowest BCUT2D eigenvalue weighted by Crippen LogP contribution is -2.66. The lowest BCUT2D eigenvalue weighted by atomic mass is 9.56. The molecule has 4 atom stereocenters. The number of phenolic OH excluding ortho intramolecular Hbond substituents is 1. The Kier molecular flexibility index (Phi) is 5.86. The molecule has 0 heterocycles. The maximum Gasteiger partial charge on any atom is 0.252 e. The number of hydrogen-bond donors (Lipinski definition) is 4. The number of nitrogens with zero attached hydrogens (tertiary/aromatic N) is 3. The highest BCUT2D eigenvalue weighted by Gasteiger charge is 2.64. The van der Waals surface area contributed by atoms with Crippen LogP contribution in [0.4, 0.5) is 11.4 Å². The molecule has 0 spiro atoms. The van der Waals surface area contributed by atoms with Crippen LogP contribution in [0.3, 0.4) is 0 Å². The van der Waals surface area contributed by atoms with Gasteiger partial charge < -0.3 is 30.9 Å². The van der Waals surface area contributed by atoms with Crippen molar-refractivity contribution >= 4 is 47.0 Å². The fourth-order valence-corrected chi connectivity index (χ4v) is 6.28. The molecule has 11 heteroatoms. The van der Waals surface area contributed by atoms with Gasteiger partial charge in [0.2, 0.25) is 11.6 Å². The van der Waals surface area contributed by atoms with E-state index in [-0.39, 0.29) is 35.4 Å². The summed E-state index contributed by atoms with van der Waals surface area (Å²) in [5, 5.41) is 33.8. The largest absolute Gasteiger partial charge is 0.507 e. The molecule has 0 bridgehead atoms. The monoisotopic (exact) mass is 500 g/mol. The molecule has 1 saturated carbocycles. The smallest absolute Gasteiger partial charge is 0.252 e. The summed E-state index contributed by atoms with van der Waals surface area (Å²) >= 11 is 4.77. The van der Waals surface area contributed by atoms with E-state index in [0.29, 0.717) is 16.8 Å². The van der Waals surface area contributed by atoms with E-state index in [1.807, 2.05) is 0 Å². The van der Waals surface area contributed by atoms with Crippen LogP contribution in [-0.2, 0) is 33.2 Å². The van der Waals surface area contributed by atoms with E-state index in [1.165, 1.54) is 0 Å². The number of carbonyl (C=O) groups is 3. The van der Waals surface area contributed by atoms with Crippen molar-refractivity contribution in [2.45, 2.75) is 31.4 Å². The minimum Gasteiger partial charge on any atom is -0.507 e. The summed E-state index contributed by atoms with van der Waals surface area (Å²) in [6.45, 7) is 1.60. The summed E-state index contributed by atoms with van der Waals surface area (Å²) in [5.41, 5.74) is 4.03. The number of amides is 1. The van der Waals surface area contributed by atoms with Gasteiger partial charge in [-0.15, -0.1) is 0 Å². The summed E-state index contributed by atoms with van der Waals surface area (Å²) in [5.74, 6) is -5.41. The molecule has 35 heavy (non-hydrogen) atoms. The molecular formula is C24H28N4O6S. The van der Waals surface area contributed by atoms with Crippen molar-refractivity contribution < 1.29 is 29.7 Å². The van der Waals surface area contributed by atoms with Gasteiger partial charge in [0.15, 0.2) is 11.4 Å². The Morgan fingerprint density at radius 1 is 1.20 bits per heavy atom. The highest BCUT2D eigenvalue weighted by molar-refractivity contribution is 7.47. The average Bonchev–Trinajstić information content (AvgIpc) is 2.75. The standard InChI is InChI=1S/C24H28N4O6S/c1-9-15(23(25)33)21(31)24(34)12(18(9)28(4)5)7-10-6-11-14(27(2)3)8-13(26-35)19(29)17(11)20(30)16(10)22(24)32/h8,10,12,18,29-30,34H,6-7H2,1-5H3,(H2,25,33)/t10-,12-,18+,24+/m0/s1. The SMILES string of the molecule is CC1=C(C(N)=O)C(=O)[C@@]2(O)C(=O)C3=C(O)c4c(O)c(N=S)cc(N(C)C)c4C[C@H]3C[C@H]2[C@@H]1N(C)C. The Hall–Kier alpha value is -3.15. The van der Waals surface area contributed by atoms with Crippen molar-refractivity contribution in [3.63, 3.8) is 0 Å². The number of benzene rings is 1. The molecule has 0 aliphatic heterocycles. The van der Waals surface area contributed by atoms with Crippen LogP contribution in [-0.4, -0.2) is 77.5 Å². The zero-order chi connectivity index (χ0) is 26.1. The van der Waals surface area contributed by atoms with Gasteiger partial charge in [-0.25, -0.2) is 0 Å². The molecule has 4 rings (SSSR count). The predicted molar refractivity (Wildman–Crippen MR) is 131 cm³/mol. The van der Waals surface area contributed by atoms with Gasteiger partial charge in [-0.1, -0.05) is 0 Å². The number of ketones is 2. The normalized spacial score (nSPS) is 28.0. The number of anilines is 1. The Balaban J connectivity index is 2.00. The molecule has 1 amide bonds. The topological polar surface area (TPSA) is 157 Å². The minimum atomic E-state index is -2.59. The zero-order valence-electron chi connectivity index (χ0n) is 20.1. The van der Waals surface area contributed by atoms with Crippen LogP contribution in [0.25, 0.3) is 5.76 Å². The molecule has 0 saturated heterocycles. The number of rotatable bonds is 4. The van der Waals surface area contributed by atoms with Gasteiger partial charge in [0.1, 0.15) is 11.4 Å². The Labute approximate surface area is 207 Å². The second kappa shape index (κ2) is 8.21. The van der Waals surface area contributed by atoms with Crippen LogP contribution < -0.4 is 10.6 Å². The second-order valence-electron chi connectivity index (χ2n) is 9.86. The fraction of sp³-hybridized carbons (Fsp3) is 0.458. The van der Waals surface area contributed by atoms with Gasteiger partial charge in [0.25, 0.3) is 5.91 Å². The molecule has 5 N–H and O–H groups in total. The van der Waals surface area contributed by atoms with Crippen molar-refractivity contribution in [1.29, 1.82) is 0 Å². The summed E-state index contributed by atoms with van der Waals surface area (Å²) in [7, 11) is 7.05. The minimum absolute atomic E-state index is 0.00397. The molecule has 0 radical (unpaired) electrons. The van der Waals surface area contributed by atoms with Crippen molar-refractivity contribution in [2.75, 3.05) is 33.1 Å². The van der Waals surface area contributed by atoms with Gasteiger partial charge in [-0.3, -0.25) is 14.4 Å². The Morgan fingerprint density at radius 2 is 1.83 bits per heavy atom. The number of Topliss-reactive ketones (excluding diaryl/α,β-unsaturated/α-hetero) is 2. The molecular weight excluding hydrogens is 472 g/mol. The second-order valence-corrected chi connectivity index (χ2v) is 10.0. The summed E-state index contributed by atoms with van der Waals surface area (Å²) in [4.78, 5) is 43.0. The third-order valence-corrected chi connectivity index (χ3v) is 7.75. The van der Waals surface area contributed by atoms with E-state index in [1.54, 1.807) is 51.0 Å². The Morgan fingerprint density at radius 3 is 2.34 bits per heavy atom. The van der Waals surface area contributed by atoms with E-state index in [4.69, 9.17) is 18.2 Å². The zero-order valence-corrected chi connectivity index (χ0v) is 20.9. The van der Waals surface area contributed by atoms with Crippen LogP contribution in [0.1, 0.15) is 24.5 Å². The number of aliphatic hydroxyl groups is 2. The average molecular weight is 501 g/mol. The number of aliphatic hydroxyl groups excluding tert-OH is 1. The van der Waals surface area contributed by atoms with Crippen LogP contribution in [0.5, 0.6) is 5.75 Å². The highest BCUT2D eigenvalue weighted by Crippen LogP contribution is 2.54. The van der Waals surface area contributed by atoms with Crippen LogP contribution >= 0.6 is 0 Å². The lowest BCUT2D eigenvalue weighted by Gasteiger charge is -2.51. The van der Waals surface area contributed by atoms with E-state index in [9.17, 15) is 29.7 Å². The van der Waals surface area contributed by atoms with Crippen molar-refractivity contribution in [2.24, 2.45) is 21.9 Å². The third-order valence-electron chi connectivity index (χ3n) is 7.56. The lowest BCUT2D eigenvalue weighted by molar-refractivity contribution is -0.160. The molecule has 3 aliphatic rings. The molecule has 1 fully saturated rings. The molecule has 1 aromatic carbocycles. The number of hydrogen-bond acceptors (Lipinski definition) is 10. The first kappa shape index (κ1) is 25.0. The fourth-order valence-electron chi connectivity index (χ4n) is 6.14. The molecule has 0 unspecified atom stereocenters. The molecule has 186 valence electrons. The van der Waals surface area contributed by atoms with Crippen LogP contribution in [0.2, 0.25) is 0 Å². The summed E-state index contributed by atoms with van der Waals surface area (Å²) < 4.78 is 3.66. The van der Waals surface area contributed by atoms with E-state index in [2.05, 4.69) is 4.36 Å². The molecule has 10 nitrogen and oxygen atoms in total. The maximum absolute atomic E-state index is 13.9. The summed E-state index contributed by atoms with van der Waals surface area (Å²) in [6, 6.07) is 0.997. The predicted octanol–water partition coefficient (Wildman–Crippen LogP) is 0.896. The quantitative estimate of drug-likeness (QED) is 0.348. The van der Waals surface area contributed by atoms with Crippen molar-refractivity contribution in [3.8, 4) is 5.75 Å². The number of nitrogens with two attached hydrogens (primary N) is 1. The number of fused-ring (bicyclic) bond motifs is 3. The first-order chi connectivity index (χ1) is 16.3. The molecule has 3 aliphatic carbocycles. The first-order valence-electron chi connectivity index (χ1n) is 11.1. The Bertz CT molecular complexity index is 1270. The maximum atomic E-state index is 13.9. The number of carbonyl (C=O) groups excluding carboxylic acids is 3. The third kappa shape index (κ3) is 3.25. The van der Waals surface area contributed by atoms with E-state index in [0.717, 1.165) is 0 Å². The van der Waals surface area contributed by atoms with Crippen molar-refractivity contribution in [1.82, 2.24) is 4.90 Å². The van der Waals surface area contributed by atoms with Gasteiger partial charge in [-0.05, 0) is 57.0 Å². The van der Waals surface area contributed by atoms with Gasteiger partial charge in [0, 0.05) is 49.7 Å². The van der Waals surface area contributed by atoms with Crippen molar-refractivity contribution in [3.05, 3.63) is 33.9 Å². The molecule has 1 aromatic rings. The first-order valence-corrected chi connectivity index (χ1v) is 11.5. The van der Waals surface area contributed by atoms with E-state index < -0.39 is 52.3 Å². The molecule has 0 aromatic heterocycles. The number of likely N-dealkylation sites (N-methyl/N-ethyl adjacent to an activating group) is 1. The van der Waals surface area contributed by atoms with Gasteiger partial charge >= 0.3 is 0 Å². The van der Waals surface area contributed by atoms with Gasteiger partial charge in [-0.2, -0.15) is 4.36 Å². The van der Waals surface area contributed by atoms with Crippen LogP contribution in [0.15, 0.2) is 27.1 Å². The van der Waals surface area contributed by atoms with Gasteiger partial charge in [0.05, 0.1) is 11.1 Å². The number of aromatic hydroxyl groups is 1. The number of phenols is 1. The number of primary amides is 1. The van der Waals surface area contributed by atoms with Crippen LogP contribution in [0, 0.1) is 11.8 Å².